The molecule has 24 heavy (non-hydrogen) atoms. The fraction of sp³-hybridized carbons (Fsp3) is 0.278. The molecule has 124 valence electrons. The Morgan fingerprint density at radius 3 is 2.75 bits per heavy atom. The second-order valence-electron chi connectivity index (χ2n) is 5.51. The number of amides is 1. The quantitative estimate of drug-likeness (QED) is 0.838. The van der Waals surface area contributed by atoms with Gasteiger partial charge in [0.25, 0.3) is 5.91 Å². The van der Waals surface area contributed by atoms with E-state index < -0.39 is 0 Å². The third-order valence-corrected chi connectivity index (χ3v) is 4.68. The van der Waals surface area contributed by atoms with E-state index in [9.17, 15) is 4.79 Å². The Kier molecular flexibility index (Phi) is 4.85. The summed E-state index contributed by atoms with van der Waals surface area (Å²) in [5.41, 5.74) is 7.35. The van der Waals surface area contributed by atoms with Crippen molar-refractivity contribution in [3.05, 3.63) is 40.9 Å². The number of nitrogens with zero attached hydrogens (tertiary/aromatic N) is 2. The minimum Gasteiger partial charge on any atom is -0.490 e. The first-order valence-corrected chi connectivity index (χ1v) is 8.75. The number of carbonyl (C=O) groups excluding carboxylic acids is 1. The van der Waals surface area contributed by atoms with Crippen LogP contribution in [0, 0.1) is 0 Å². The van der Waals surface area contributed by atoms with Crippen LogP contribution in [0.3, 0.4) is 0 Å². The minimum atomic E-state index is -0.294. The number of rotatable bonds is 5. The molecule has 2 heterocycles. The van der Waals surface area contributed by atoms with Crippen molar-refractivity contribution in [1.82, 2.24) is 4.98 Å². The lowest BCUT2D eigenvalue weighted by molar-refractivity contribution is -0.113. The summed E-state index contributed by atoms with van der Waals surface area (Å²) in [6.07, 6.45) is 5.63. The Hall–Kier alpha value is -2.34. The largest absolute Gasteiger partial charge is 0.490 e. The number of carbonyl (C=O) groups is 1. The first kappa shape index (κ1) is 16.5. The van der Waals surface area contributed by atoms with Crippen LogP contribution in [0.25, 0.3) is 17.0 Å². The van der Waals surface area contributed by atoms with Crippen LogP contribution in [0.5, 0.6) is 5.75 Å². The summed E-state index contributed by atoms with van der Waals surface area (Å²) >= 11 is 1.19. The highest BCUT2D eigenvalue weighted by Crippen LogP contribution is 2.30. The summed E-state index contributed by atoms with van der Waals surface area (Å²) in [6.45, 7) is 4.22. The van der Waals surface area contributed by atoms with Gasteiger partial charge in [0.15, 0.2) is 5.17 Å². The molecular weight excluding hydrogens is 322 g/mol. The molecule has 3 rings (SSSR count). The number of fused-ring (bicyclic) bond motifs is 1. The molecule has 0 unspecified atom stereocenters. The molecule has 2 aromatic rings. The first-order valence-electron chi connectivity index (χ1n) is 7.94. The van der Waals surface area contributed by atoms with Gasteiger partial charge in [-0.1, -0.05) is 19.9 Å². The molecular formula is C18H19N3O2S. The number of nitrogens with two attached hydrogens (primary N) is 1. The van der Waals surface area contributed by atoms with Gasteiger partial charge in [0, 0.05) is 11.6 Å². The average molecular weight is 341 g/mol. The SMILES string of the molecule is CCC(CC)Oc1ccnc2ccc(/C=C3\SC(N)=NC3=O)cc12. The van der Waals surface area contributed by atoms with E-state index in [1.54, 1.807) is 12.3 Å². The Morgan fingerprint density at radius 1 is 1.29 bits per heavy atom. The molecule has 0 saturated carbocycles. The molecule has 1 amide bonds. The number of ether oxygens (including phenoxy) is 1. The van der Waals surface area contributed by atoms with Gasteiger partial charge in [0.2, 0.25) is 0 Å². The summed E-state index contributed by atoms with van der Waals surface area (Å²) in [4.78, 5) is 20.4. The number of hydrogen-bond donors (Lipinski definition) is 1. The van der Waals surface area contributed by atoms with E-state index in [-0.39, 0.29) is 17.2 Å². The smallest absolute Gasteiger partial charge is 0.286 e. The molecule has 1 aliphatic rings. The van der Waals surface area contributed by atoms with Crippen LogP contribution in [0.15, 0.2) is 40.4 Å². The number of aliphatic imine (C=N–C) groups is 1. The summed E-state index contributed by atoms with van der Waals surface area (Å²) in [5.74, 6) is 0.521. The second kappa shape index (κ2) is 7.05. The number of amidine groups is 1. The molecule has 6 heteroatoms. The van der Waals surface area contributed by atoms with Crippen molar-refractivity contribution in [2.75, 3.05) is 0 Å². The van der Waals surface area contributed by atoms with Crippen molar-refractivity contribution < 1.29 is 9.53 Å². The zero-order valence-corrected chi connectivity index (χ0v) is 14.5. The zero-order chi connectivity index (χ0) is 17.1. The van der Waals surface area contributed by atoms with E-state index in [4.69, 9.17) is 10.5 Å². The van der Waals surface area contributed by atoms with Crippen LogP contribution < -0.4 is 10.5 Å². The third kappa shape index (κ3) is 3.43. The van der Waals surface area contributed by atoms with Crippen molar-refractivity contribution >= 4 is 39.8 Å². The zero-order valence-electron chi connectivity index (χ0n) is 13.7. The van der Waals surface area contributed by atoms with E-state index in [0.29, 0.717) is 4.91 Å². The highest BCUT2D eigenvalue weighted by Gasteiger charge is 2.19. The van der Waals surface area contributed by atoms with Crippen LogP contribution in [0.1, 0.15) is 32.3 Å². The van der Waals surface area contributed by atoms with Gasteiger partial charge in [-0.2, -0.15) is 4.99 Å². The average Bonchev–Trinajstić information content (AvgIpc) is 2.90. The van der Waals surface area contributed by atoms with Crippen LogP contribution >= 0.6 is 11.8 Å². The highest BCUT2D eigenvalue weighted by molar-refractivity contribution is 8.18. The van der Waals surface area contributed by atoms with E-state index in [1.807, 2.05) is 24.3 Å². The Morgan fingerprint density at radius 2 is 2.08 bits per heavy atom. The maximum absolute atomic E-state index is 11.7. The summed E-state index contributed by atoms with van der Waals surface area (Å²) in [6, 6.07) is 7.71. The van der Waals surface area contributed by atoms with Gasteiger partial charge in [0.1, 0.15) is 5.75 Å². The van der Waals surface area contributed by atoms with Gasteiger partial charge in [-0.3, -0.25) is 9.78 Å². The van der Waals surface area contributed by atoms with E-state index in [2.05, 4.69) is 23.8 Å². The van der Waals surface area contributed by atoms with E-state index >= 15 is 0 Å². The first-order chi connectivity index (χ1) is 11.6. The molecule has 1 aromatic heterocycles. The number of benzene rings is 1. The van der Waals surface area contributed by atoms with Gasteiger partial charge in [-0.15, -0.1) is 0 Å². The predicted molar refractivity (Wildman–Crippen MR) is 98.9 cm³/mol. The molecule has 1 aromatic carbocycles. The fourth-order valence-corrected chi connectivity index (χ4v) is 3.22. The minimum absolute atomic E-state index is 0.178. The van der Waals surface area contributed by atoms with Crippen molar-refractivity contribution in [2.24, 2.45) is 10.7 Å². The third-order valence-electron chi connectivity index (χ3n) is 3.86. The van der Waals surface area contributed by atoms with E-state index in [0.717, 1.165) is 35.1 Å². The molecule has 0 aliphatic carbocycles. The topological polar surface area (TPSA) is 77.6 Å². The monoisotopic (exact) mass is 341 g/mol. The highest BCUT2D eigenvalue weighted by atomic mass is 32.2. The molecule has 0 atom stereocenters. The van der Waals surface area contributed by atoms with Crippen LogP contribution in [0.2, 0.25) is 0 Å². The molecule has 0 fully saturated rings. The molecule has 2 N–H and O–H groups in total. The van der Waals surface area contributed by atoms with Gasteiger partial charge in [-0.25, -0.2) is 0 Å². The number of aromatic nitrogens is 1. The summed E-state index contributed by atoms with van der Waals surface area (Å²) in [7, 11) is 0. The number of hydrogen-bond acceptors (Lipinski definition) is 5. The molecule has 1 aliphatic heterocycles. The van der Waals surface area contributed by atoms with Crippen molar-refractivity contribution in [1.29, 1.82) is 0 Å². The molecule has 5 nitrogen and oxygen atoms in total. The lowest BCUT2D eigenvalue weighted by Gasteiger charge is -2.17. The van der Waals surface area contributed by atoms with Crippen molar-refractivity contribution in [3.63, 3.8) is 0 Å². The Labute approximate surface area is 145 Å². The molecule has 0 radical (unpaired) electrons. The Balaban J connectivity index is 1.98. The molecule has 0 bridgehead atoms. The summed E-state index contributed by atoms with van der Waals surface area (Å²) < 4.78 is 6.11. The van der Waals surface area contributed by atoms with Crippen molar-refractivity contribution in [2.45, 2.75) is 32.8 Å². The van der Waals surface area contributed by atoms with Gasteiger partial charge < -0.3 is 10.5 Å². The second-order valence-corrected chi connectivity index (χ2v) is 6.57. The van der Waals surface area contributed by atoms with Crippen molar-refractivity contribution in [3.8, 4) is 5.75 Å². The van der Waals surface area contributed by atoms with Crippen LogP contribution in [0.4, 0.5) is 0 Å². The summed E-state index contributed by atoms with van der Waals surface area (Å²) in [5, 5.41) is 1.22. The number of pyridine rings is 1. The number of thioether (sulfide) groups is 1. The standard InChI is InChI=1S/C18H19N3O2S/c1-3-12(4-2)23-15-7-8-20-14-6-5-11(9-13(14)15)10-16-17(22)21-18(19)24-16/h5-10,12H,3-4H2,1-2H3,(H2,19,21,22)/b16-10-. The normalized spacial score (nSPS) is 16.2. The lowest BCUT2D eigenvalue weighted by Crippen LogP contribution is -2.13. The molecule has 0 spiro atoms. The maximum atomic E-state index is 11.7. The van der Waals surface area contributed by atoms with Crippen LogP contribution in [-0.4, -0.2) is 22.2 Å². The Bertz CT molecular complexity index is 841. The van der Waals surface area contributed by atoms with Gasteiger partial charge >= 0.3 is 0 Å². The molecule has 0 saturated heterocycles. The predicted octanol–water partition coefficient (Wildman–Crippen LogP) is 3.73. The van der Waals surface area contributed by atoms with Gasteiger partial charge in [-0.05, 0) is 54.4 Å². The fourth-order valence-electron chi connectivity index (χ4n) is 2.54. The lowest BCUT2D eigenvalue weighted by atomic mass is 10.1. The maximum Gasteiger partial charge on any atom is 0.286 e. The van der Waals surface area contributed by atoms with Crippen LogP contribution in [-0.2, 0) is 4.79 Å². The van der Waals surface area contributed by atoms with E-state index in [1.165, 1.54) is 11.8 Å². The van der Waals surface area contributed by atoms with Gasteiger partial charge in [0.05, 0.1) is 16.5 Å².